The molecule has 0 bridgehead atoms. The molecule has 0 spiro atoms. The van der Waals surface area contributed by atoms with Gasteiger partial charge in [-0.3, -0.25) is 9.78 Å². The molecule has 5 heteroatoms. The quantitative estimate of drug-likeness (QED) is 0.819. The van der Waals surface area contributed by atoms with E-state index in [0.717, 1.165) is 51.1 Å². The van der Waals surface area contributed by atoms with Crippen molar-refractivity contribution in [3.05, 3.63) is 18.6 Å². The Labute approximate surface area is 114 Å². The number of rotatable bonds is 5. The zero-order chi connectivity index (χ0) is 13.5. The lowest BCUT2D eigenvalue weighted by molar-refractivity contribution is -0.125. The molecule has 0 aliphatic carbocycles. The minimum Gasteiger partial charge on any atom is -0.356 e. The van der Waals surface area contributed by atoms with Crippen molar-refractivity contribution in [3.63, 3.8) is 0 Å². The molecule has 2 heterocycles. The molecule has 1 saturated heterocycles. The van der Waals surface area contributed by atoms with E-state index in [4.69, 9.17) is 0 Å². The van der Waals surface area contributed by atoms with Crippen molar-refractivity contribution >= 4 is 11.7 Å². The molecule has 1 atom stereocenters. The Morgan fingerprint density at radius 1 is 1.53 bits per heavy atom. The van der Waals surface area contributed by atoms with Gasteiger partial charge in [-0.25, -0.2) is 4.98 Å². The third-order valence-corrected chi connectivity index (χ3v) is 3.50. The number of hydrogen-bond acceptors (Lipinski definition) is 4. The van der Waals surface area contributed by atoms with Gasteiger partial charge in [0.15, 0.2) is 0 Å². The van der Waals surface area contributed by atoms with Crippen molar-refractivity contribution in [3.8, 4) is 0 Å². The number of nitrogens with zero attached hydrogens (tertiary/aromatic N) is 3. The van der Waals surface area contributed by atoms with Crippen LogP contribution in [0.2, 0.25) is 0 Å². The predicted molar refractivity (Wildman–Crippen MR) is 74.9 cm³/mol. The van der Waals surface area contributed by atoms with Crippen LogP contribution in [0.5, 0.6) is 0 Å². The monoisotopic (exact) mass is 262 g/mol. The van der Waals surface area contributed by atoms with E-state index in [0.29, 0.717) is 0 Å². The number of nitrogens with one attached hydrogen (secondary N) is 1. The van der Waals surface area contributed by atoms with E-state index in [1.165, 1.54) is 0 Å². The van der Waals surface area contributed by atoms with Crippen LogP contribution in [0.3, 0.4) is 0 Å². The van der Waals surface area contributed by atoms with Crippen LogP contribution in [-0.4, -0.2) is 35.5 Å². The fraction of sp³-hybridized carbons (Fsp3) is 0.643. The van der Waals surface area contributed by atoms with Gasteiger partial charge >= 0.3 is 0 Å². The molecule has 0 aromatic carbocycles. The predicted octanol–water partition coefficient (Wildman–Crippen LogP) is 1.61. The maximum Gasteiger partial charge on any atom is 0.224 e. The Hall–Kier alpha value is -1.65. The highest BCUT2D eigenvalue weighted by Crippen LogP contribution is 2.20. The number of carbonyl (C=O) groups is 1. The van der Waals surface area contributed by atoms with Gasteiger partial charge in [0.25, 0.3) is 0 Å². The van der Waals surface area contributed by atoms with Crippen molar-refractivity contribution in [1.29, 1.82) is 0 Å². The van der Waals surface area contributed by atoms with Gasteiger partial charge in [-0.2, -0.15) is 0 Å². The number of anilines is 1. The molecule has 0 saturated carbocycles. The number of hydrogen-bond donors (Lipinski definition) is 1. The second-order valence-electron chi connectivity index (χ2n) is 4.99. The van der Waals surface area contributed by atoms with Gasteiger partial charge in [-0.15, -0.1) is 0 Å². The molecule has 1 fully saturated rings. The lowest BCUT2D eigenvalue weighted by atomic mass is 9.97. The fourth-order valence-corrected chi connectivity index (χ4v) is 2.39. The highest BCUT2D eigenvalue weighted by molar-refractivity contribution is 5.79. The minimum absolute atomic E-state index is 0.0765. The van der Waals surface area contributed by atoms with Gasteiger partial charge in [0.1, 0.15) is 5.82 Å². The average molecular weight is 262 g/mol. The highest BCUT2D eigenvalue weighted by Gasteiger charge is 2.26. The molecule has 5 nitrogen and oxygen atoms in total. The van der Waals surface area contributed by atoms with E-state index < -0.39 is 0 Å². The standard InChI is InChI=1S/C14H22N4O/c1-2-3-6-17-14(19)12-5-4-9-18(11-12)13-10-15-7-8-16-13/h7-8,10,12H,2-6,9,11H2,1H3,(H,17,19). The molecular formula is C14H22N4O. The zero-order valence-corrected chi connectivity index (χ0v) is 11.5. The molecule has 1 aromatic rings. The van der Waals surface area contributed by atoms with Crippen molar-refractivity contribution in [2.75, 3.05) is 24.5 Å². The van der Waals surface area contributed by atoms with Crippen molar-refractivity contribution in [1.82, 2.24) is 15.3 Å². The molecule has 1 amide bonds. The molecule has 1 aliphatic rings. The van der Waals surface area contributed by atoms with E-state index in [2.05, 4.69) is 27.1 Å². The van der Waals surface area contributed by atoms with E-state index in [1.54, 1.807) is 18.6 Å². The van der Waals surface area contributed by atoms with Crippen molar-refractivity contribution in [2.45, 2.75) is 32.6 Å². The van der Waals surface area contributed by atoms with Gasteiger partial charge in [-0.05, 0) is 19.3 Å². The minimum atomic E-state index is 0.0765. The summed E-state index contributed by atoms with van der Waals surface area (Å²) in [5.74, 6) is 1.13. The zero-order valence-electron chi connectivity index (χ0n) is 11.5. The Morgan fingerprint density at radius 2 is 2.42 bits per heavy atom. The highest BCUT2D eigenvalue weighted by atomic mass is 16.1. The Kier molecular flexibility index (Phi) is 5.12. The van der Waals surface area contributed by atoms with Crippen molar-refractivity contribution in [2.24, 2.45) is 5.92 Å². The summed E-state index contributed by atoms with van der Waals surface area (Å²) < 4.78 is 0. The third-order valence-electron chi connectivity index (χ3n) is 3.50. The van der Waals surface area contributed by atoms with Gasteiger partial charge in [0.05, 0.1) is 12.1 Å². The summed E-state index contributed by atoms with van der Waals surface area (Å²) in [6, 6.07) is 0. The Balaban J connectivity index is 1.88. The van der Waals surface area contributed by atoms with Gasteiger partial charge in [-0.1, -0.05) is 13.3 Å². The lowest BCUT2D eigenvalue weighted by Gasteiger charge is -2.32. The number of aromatic nitrogens is 2. The average Bonchev–Trinajstić information content (AvgIpc) is 2.48. The SMILES string of the molecule is CCCCNC(=O)C1CCCN(c2cnccn2)C1. The largest absolute Gasteiger partial charge is 0.356 e. The van der Waals surface area contributed by atoms with E-state index in [1.807, 2.05) is 0 Å². The normalized spacial score (nSPS) is 19.2. The molecule has 19 heavy (non-hydrogen) atoms. The first kappa shape index (κ1) is 13.8. The second-order valence-corrected chi connectivity index (χ2v) is 4.99. The van der Waals surface area contributed by atoms with E-state index in [9.17, 15) is 4.79 Å². The number of unbranched alkanes of at least 4 members (excludes halogenated alkanes) is 1. The summed E-state index contributed by atoms with van der Waals surface area (Å²) in [7, 11) is 0. The van der Waals surface area contributed by atoms with Crippen LogP contribution in [0.25, 0.3) is 0 Å². The van der Waals surface area contributed by atoms with Crippen LogP contribution >= 0.6 is 0 Å². The van der Waals surface area contributed by atoms with Crippen LogP contribution in [-0.2, 0) is 4.79 Å². The first-order valence-corrected chi connectivity index (χ1v) is 7.10. The summed E-state index contributed by atoms with van der Waals surface area (Å²) in [6.45, 7) is 4.62. The molecule has 1 N–H and O–H groups in total. The molecular weight excluding hydrogens is 240 g/mol. The first-order chi connectivity index (χ1) is 9.31. The summed E-state index contributed by atoms with van der Waals surface area (Å²) >= 11 is 0. The molecule has 1 unspecified atom stereocenters. The molecule has 1 aromatic heterocycles. The lowest BCUT2D eigenvalue weighted by Crippen LogP contribution is -2.43. The topological polar surface area (TPSA) is 58.1 Å². The summed E-state index contributed by atoms with van der Waals surface area (Å²) in [5, 5.41) is 3.02. The summed E-state index contributed by atoms with van der Waals surface area (Å²) in [4.78, 5) is 22.6. The van der Waals surface area contributed by atoms with Crippen LogP contribution < -0.4 is 10.2 Å². The summed E-state index contributed by atoms with van der Waals surface area (Å²) in [6.07, 6.45) is 9.28. The molecule has 1 aliphatic heterocycles. The third kappa shape index (κ3) is 3.91. The van der Waals surface area contributed by atoms with Gasteiger partial charge < -0.3 is 10.2 Å². The van der Waals surface area contributed by atoms with Crippen molar-refractivity contribution < 1.29 is 4.79 Å². The van der Waals surface area contributed by atoms with Crippen LogP contribution in [0.4, 0.5) is 5.82 Å². The maximum absolute atomic E-state index is 12.1. The second kappa shape index (κ2) is 7.07. The Bertz CT molecular complexity index is 396. The smallest absolute Gasteiger partial charge is 0.224 e. The Morgan fingerprint density at radius 3 is 3.16 bits per heavy atom. The molecule has 0 radical (unpaired) electrons. The van der Waals surface area contributed by atoms with E-state index in [-0.39, 0.29) is 11.8 Å². The van der Waals surface area contributed by atoms with Crippen LogP contribution in [0.15, 0.2) is 18.6 Å². The first-order valence-electron chi connectivity index (χ1n) is 7.10. The number of piperidine rings is 1. The van der Waals surface area contributed by atoms with E-state index >= 15 is 0 Å². The number of carbonyl (C=O) groups excluding carboxylic acids is 1. The molecule has 104 valence electrons. The van der Waals surface area contributed by atoms with Gasteiger partial charge in [0.2, 0.25) is 5.91 Å². The fourth-order valence-electron chi connectivity index (χ4n) is 2.39. The van der Waals surface area contributed by atoms with Crippen LogP contribution in [0, 0.1) is 5.92 Å². The number of amides is 1. The molecule has 2 rings (SSSR count). The van der Waals surface area contributed by atoms with Gasteiger partial charge in [0, 0.05) is 32.0 Å². The maximum atomic E-state index is 12.1. The summed E-state index contributed by atoms with van der Waals surface area (Å²) in [5.41, 5.74) is 0. The van der Waals surface area contributed by atoms with Crippen LogP contribution in [0.1, 0.15) is 32.6 Å².